The average molecular weight is 275 g/mol. The van der Waals surface area contributed by atoms with Crippen molar-refractivity contribution >= 4 is 23.0 Å². The monoisotopic (exact) mass is 275 g/mol. The highest BCUT2D eigenvalue weighted by atomic mass is 32.2. The first-order valence-corrected chi connectivity index (χ1v) is 7.10. The van der Waals surface area contributed by atoms with Gasteiger partial charge in [0.05, 0.1) is 12.5 Å². The molecule has 0 unspecified atom stereocenters. The van der Waals surface area contributed by atoms with Gasteiger partial charge < -0.3 is 4.74 Å². The molecule has 1 aromatic carbocycles. The minimum absolute atomic E-state index is 0.160. The molecule has 0 amide bonds. The van der Waals surface area contributed by atoms with Crippen LogP contribution in [0.25, 0.3) is 6.08 Å². The number of carbonyl (C=O) groups is 1. The molecule has 0 aliphatic carbocycles. The van der Waals surface area contributed by atoms with Crippen molar-refractivity contribution in [1.29, 1.82) is 5.26 Å². The predicted octanol–water partition coefficient (Wildman–Crippen LogP) is 3.66. The first-order chi connectivity index (χ1) is 9.22. The molecular weight excluding hydrogens is 258 g/mol. The molecule has 0 aliphatic heterocycles. The molecule has 0 saturated heterocycles. The van der Waals surface area contributed by atoms with Gasteiger partial charge in [-0.3, -0.25) is 4.79 Å². The van der Waals surface area contributed by atoms with Gasteiger partial charge in [0.2, 0.25) is 0 Å². The molecule has 1 aromatic rings. The molecule has 0 aliphatic rings. The second-order valence-electron chi connectivity index (χ2n) is 3.86. The number of nitrogens with zero attached hydrogens (tertiary/aromatic N) is 1. The van der Waals surface area contributed by atoms with Gasteiger partial charge in [-0.1, -0.05) is 36.0 Å². The van der Waals surface area contributed by atoms with Crippen molar-refractivity contribution in [3.63, 3.8) is 0 Å². The Morgan fingerprint density at radius 1 is 1.42 bits per heavy atom. The molecule has 0 saturated carbocycles. The maximum Gasteiger partial charge on any atom is 0.185 e. The molecule has 0 spiro atoms. The number of hydrogen-bond acceptors (Lipinski definition) is 4. The van der Waals surface area contributed by atoms with Crippen LogP contribution in [0.3, 0.4) is 0 Å². The lowest BCUT2D eigenvalue weighted by Crippen LogP contribution is -1.95. The highest BCUT2D eigenvalue weighted by Gasteiger charge is 1.94. The van der Waals surface area contributed by atoms with Crippen LogP contribution in [0.5, 0.6) is 5.75 Å². The fourth-order valence-corrected chi connectivity index (χ4v) is 1.92. The van der Waals surface area contributed by atoms with Crippen LogP contribution in [0.15, 0.2) is 30.3 Å². The molecule has 100 valence electrons. The molecule has 1 rings (SSSR count). The van der Waals surface area contributed by atoms with E-state index < -0.39 is 0 Å². The van der Waals surface area contributed by atoms with Gasteiger partial charge in [-0.05, 0) is 24.1 Å². The average Bonchev–Trinajstić information content (AvgIpc) is 2.40. The lowest BCUT2D eigenvalue weighted by molar-refractivity contribution is -0.109. The minimum Gasteiger partial charge on any atom is -0.493 e. The summed E-state index contributed by atoms with van der Waals surface area (Å²) in [5.74, 6) is 1.60. The zero-order valence-corrected chi connectivity index (χ0v) is 11.8. The van der Waals surface area contributed by atoms with Gasteiger partial charge >= 0.3 is 0 Å². The van der Waals surface area contributed by atoms with E-state index in [1.807, 2.05) is 36.4 Å². The van der Waals surface area contributed by atoms with Crippen LogP contribution in [-0.2, 0) is 4.79 Å². The van der Waals surface area contributed by atoms with E-state index in [1.54, 1.807) is 6.92 Å². The second-order valence-corrected chi connectivity index (χ2v) is 5.13. The van der Waals surface area contributed by atoms with Crippen LogP contribution in [0, 0.1) is 11.3 Å². The van der Waals surface area contributed by atoms with Crippen molar-refractivity contribution in [1.82, 2.24) is 0 Å². The number of ether oxygens (including phenoxy) is 1. The number of hydrogen-bond donors (Lipinski definition) is 0. The molecular formula is C15H17NO2S. The van der Waals surface area contributed by atoms with Crippen LogP contribution in [0.2, 0.25) is 0 Å². The van der Waals surface area contributed by atoms with Gasteiger partial charge in [0.25, 0.3) is 0 Å². The van der Waals surface area contributed by atoms with E-state index in [2.05, 4.69) is 6.08 Å². The summed E-state index contributed by atoms with van der Waals surface area (Å²) >= 11 is 1.34. The topological polar surface area (TPSA) is 50.1 Å². The Balaban J connectivity index is 2.33. The quantitative estimate of drug-likeness (QED) is 0.712. The zero-order valence-electron chi connectivity index (χ0n) is 11.0. The first-order valence-electron chi connectivity index (χ1n) is 6.12. The van der Waals surface area contributed by atoms with Gasteiger partial charge in [-0.25, -0.2) is 0 Å². The van der Waals surface area contributed by atoms with Crippen LogP contribution in [0.1, 0.15) is 25.3 Å². The fourth-order valence-electron chi connectivity index (χ4n) is 1.38. The molecule has 0 heterocycles. The molecule has 19 heavy (non-hydrogen) atoms. The van der Waals surface area contributed by atoms with Crippen LogP contribution in [-0.4, -0.2) is 17.5 Å². The van der Waals surface area contributed by atoms with E-state index in [0.29, 0.717) is 13.0 Å². The number of thioether (sulfide) groups is 1. The lowest BCUT2D eigenvalue weighted by atomic mass is 10.2. The molecule has 0 aromatic heterocycles. The van der Waals surface area contributed by atoms with Gasteiger partial charge in [0.1, 0.15) is 12.4 Å². The summed E-state index contributed by atoms with van der Waals surface area (Å²) in [6, 6.07) is 9.75. The smallest absolute Gasteiger partial charge is 0.185 e. The Hall–Kier alpha value is -1.73. The second kappa shape index (κ2) is 9.23. The van der Waals surface area contributed by atoms with Crippen molar-refractivity contribution in [2.75, 3.05) is 12.4 Å². The van der Waals surface area contributed by atoms with Crippen molar-refractivity contribution in [2.24, 2.45) is 0 Å². The van der Waals surface area contributed by atoms with E-state index in [1.165, 1.54) is 11.8 Å². The van der Waals surface area contributed by atoms with Gasteiger partial charge in [0, 0.05) is 12.7 Å². The molecule has 0 N–H and O–H groups in total. The maximum absolute atomic E-state index is 10.7. The van der Waals surface area contributed by atoms with E-state index in [0.717, 1.165) is 23.5 Å². The Labute approximate surface area is 118 Å². The third-order valence-corrected chi connectivity index (χ3v) is 3.11. The standard InChI is InChI=1S/C15H17NO2S/c1-13(17)19-12-3-2-5-14-6-8-15(9-7-14)18-11-4-10-16/h2,5-9H,3-4,11-12H2,1H3. The predicted molar refractivity (Wildman–Crippen MR) is 79.0 cm³/mol. The van der Waals surface area contributed by atoms with Crippen LogP contribution in [0.4, 0.5) is 0 Å². The van der Waals surface area contributed by atoms with Crippen molar-refractivity contribution in [3.05, 3.63) is 35.9 Å². The summed E-state index contributed by atoms with van der Waals surface area (Å²) in [4.78, 5) is 10.7. The number of allylic oxidation sites excluding steroid dienone is 1. The SMILES string of the molecule is CC(=O)SCCC=Cc1ccc(OCCC#N)cc1. The molecule has 0 radical (unpaired) electrons. The molecule has 3 nitrogen and oxygen atoms in total. The number of benzene rings is 1. The Bertz CT molecular complexity index is 460. The normalized spacial score (nSPS) is 10.3. The van der Waals surface area contributed by atoms with E-state index in [9.17, 15) is 4.79 Å². The Morgan fingerprint density at radius 3 is 2.79 bits per heavy atom. The fraction of sp³-hybridized carbons (Fsp3) is 0.333. The number of carbonyl (C=O) groups excluding carboxylic acids is 1. The van der Waals surface area contributed by atoms with Gasteiger partial charge in [-0.2, -0.15) is 5.26 Å². The van der Waals surface area contributed by atoms with Gasteiger partial charge in [-0.15, -0.1) is 0 Å². The Kier molecular flexibility index (Phi) is 7.45. The highest BCUT2D eigenvalue weighted by molar-refractivity contribution is 8.13. The van der Waals surface area contributed by atoms with Crippen LogP contribution >= 0.6 is 11.8 Å². The lowest BCUT2D eigenvalue weighted by Gasteiger charge is -2.03. The summed E-state index contributed by atoms with van der Waals surface area (Å²) in [5, 5.41) is 8.56. The highest BCUT2D eigenvalue weighted by Crippen LogP contribution is 2.14. The summed E-state index contributed by atoms with van der Waals surface area (Å²) in [5.41, 5.74) is 1.10. The largest absolute Gasteiger partial charge is 0.493 e. The summed E-state index contributed by atoms with van der Waals surface area (Å²) in [7, 11) is 0. The first kappa shape index (κ1) is 15.3. The van der Waals surface area contributed by atoms with Gasteiger partial charge in [0.15, 0.2) is 5.12 Å². The molecule has 0 fully saturated rings. The minimum atomic E-state index is 0.160. The number of nitriles is 1. The third-order valence-electron chi connectivity index (χ3n) is 2.26. The Morgan fingerprint density at radius 2 is 2.16 bits per heavy atom. The van der Waals surface area contributed by atoms with Crippen LogP contribution < -0.4 is 4.74 Å². The van der Waals surface area contributed by atoms with E-state index >= 15 is 0 Å². The third kappa shape index (κ3) is 7.32. The zero-order chi connectivity index (χ0) is 13.9. The van der Waals surface area contributed by atoms with Crippen molar-refractivity contribution in [2.45, 2.75) is 19.8 Å². The maximum atomic E-state index is 10.7. The van der Waals surface area contributed by atoms with Crippen molar-refractivity contribution < 1.29 is 9.53 Å². The number of rotatable bonds is 7. The molecule has 0 bridgehead atoms. The molecule has 0 atom stereocenters. The summed E-state index contributed by atoms with van der Waals surface area (Å²) in [6.45, 7) is 2.01. The van der Waals surface area contributed by atoms with E-state index in [4.69, 9.17) is 10.00 Å². The van der Waals surface area contributed by atoms with Crippen molar-refractivity contribution in [3.8, 4) is 11.8 Å². The summed E-state index contributed by atoms with van der Waals surface area (Å²) in [6.07, 6.45) is 5.36. The molecule has 4 heteroatoms. The van der Waals surface area contributed by atoms with E-state index in [-0.39, 0.29) is 5.12 Å². The summed E-state index contributed by atoms with van der Waals surface area (Å²) < 4.78 is 5.38.